The van der Waals surface area contributed by atoms with Crippen LogP contribution in [0.3, 0.4) is 0 Å². The van der Waals surface area contributed by atoms with E-state index in [-0.39, 0.29) is 0 Å². The van der Waals surface area contributed by atoms with E-state index in [0.29, 0.717) is 5.92 Å². The van der Waals surface area contributed by atoms with Crippen LogP contribution >= 0.6 is 22.9 Å². The molecule has 0 saturated carbocycles. The second kappa shape index (κ2) is 7.27. The Morgan fingerprint density at radius 1 is 1.50 bits per heavy atom. The van der Waals surface area contributed by atoms with Gasteiger partial charge in [-0.2, -0.15) is 0 Å². The van der Waals surface area contributed by atoms with E-state index in [2.05, 4.69) is 24.4 Å². The van der Waals surface area contributed by atoms with Crippen LogP contribution in [0.25, 0.3) is 0 Å². The van der Waals surface area contributed by atoms with E-state index in [1.165, 1.54) is 4.88 Å². The molecule has 1 rings (SSSR count). The monoisotopic (exact) mass is 232 g/mol. The summed E-state index contributed by atoms with van der Waals surface area (Å²) in [7, 11) is 0. The lowest BCUT2D eigenvalue weighted by atomic mass is 10.1. The first kappa shape index (κ1) is 12.0. The second-order valence-corrected chi connectivity index (χ2v) is 4.91. The summed E-state index contributed by atoms with van der Waals surface area (Å²) in [6.07, 6.45) is 2.20. The number of hydrogen-bond donors (Lipinski definition) is 0. The molecule has 0 bridgehead atoms. The third-order valence-electron chi connectivity index (χ3n) is 2.18. The molecule has 14 heavy (non-hydrogen) atoms. The average molecular weight is 233 g/mol. The van der Waals surface area contributed by atoms with Gasteiger partial charge in [-0.25, -0.2) is 0 Å². The van der Waals surface area contributed by atoms with Crippen LogP contribution in [-0.4, -0.2) is 12.5 Å². The van der Waals surface area contributed by atoms with Crippen molar-refractivity contribution < 1.29 is 4.74 Å². The molecule has 0 fully saturated rings. The highest BCUT2D eigenvalue weighted by Crippen LogP contribution is 2.12. The minimum Gasteiger partial charge on any atom is -0.376 e. The van der Waals surface area contributed by atoms with Crippen LogP contribution < -0.4 is 0 Å². The largest absolute Gasteiger partial charge is 0.376 e. The maximum Gasteiger partial charge on any atom is 0.0809 e. The second-order valence-electron chi connectivity index (χ2n) is 3.50. The first-order chi connectivity index (χ1) is 6.83. The van der Waals surface area contributed by atoms with Crippen molar-refractivity contribution in [3.63, 3.8) is 0 Å². The molecule has 1 aromatic rings. The summed E-state index contributed by atoms with van der Waals surface area (Å²) >= 11 is 7.40. The molecule has 0 aromatic carbocycles. The third kappa shape index (κ3) is 4.99. The van der Waals surface area contributed by atoms with Gasteiger partial charge in [-0.15, -0.1) is 22.9 Å². The zero-order valence-electron chi connectivity index (χ0n) is 8.54. The van der Waals surface area contributed by atoms with E-state index in [9.17, 15) is 0 Å². The van der Waals surface area contributed by atoms with Crippen molar-refractivity contribution in [1.82, 2.24) is 0 Å². The smallest absolute Gasteiger partial charge is 0.0809 e. The molecule has 0 aliphatic heterocycles. The normalized spacial score (nSPS) is 13.0. The van der Waals surface area contributed by atoms with Crippen LogP contribution in [0, 0.1) is 5.92 Å². The molecule has 0 saturated heterocycles. The Kier molecular flexibility index (Phi) is 6.24. The van der Waals surface area contributed by atoms with E-state index >= 15 is 0 Å². The van der Waals surface area contributed by atoms with Crippen molar-refractivity contribution >= 4 is 22.9 Å². The van der Waals surface area contributed by atoms with Crippen molar-refractivity contribution in [2.24, 2.45) is 5.92 Å². The molecule has 0 aliphatic rings. The number of rotatable bonds is 7. The van der Waals surface area contributed by atoms with Gasteiger partial charge < -0.3 is 4.74 Å². The zero-order chi connectivity index (χ0) is 10.2. The fraction of sp³-hybridized carbons (Fsp3) is 0.636. The number of ether oxygens (including phenoxy) is 1. The summed E-state index contributed by atoms with van der Waals surface area (Å²) in [5.74, 6) is 1.43. The molecule has 0 aliphatic carbocycles. The molecule has 0 spiro atoms. The van der Waals surface area contributed by atoms with Gasteiger partial charge in [0.15, 0.2) is 0 Å². The molecule has 0 N–H and O–H groups in total. The molecule has 1 atom stereocenters. The van der Waals surface area contributed by atoms with E-state index in [1.807, 2.05) is 0 Å². The Labute approximate surface area is 95.0 Å². The SMILES string of the molecule is CC(CCCl)CCOCc1cccs1. The minimum absolute atomic E-state index is 0.677. The summed E-state index contributed by atoms with van der Waals surface area (Å²) in [5.41, 5.74) is 0. The molecule has 0 radical (unpaired) electrons. The van der Waals surface area contributed by atoms with Gasteiger partial charge in [0.05, 0.1) is 6.61 Å². The van der Waals surface area contributed by atoms with Crippen LogP contribution in [0.15, 0.2) is 17.5 Å². The van der Waals surface area contributed by atoms with Gasteiger partial charge in [-0.05, 0) is 30.2 Å². The molecule has 1 nitrogen and oxygen atoms in total. The van der Waals surface area contributed by atoms with Crippen molar-refractivity contribution in [2.45, 2.75) is 26.4 Å². The van der Waals surface area contributed by atoms with Gasteiger partial charge in [0.2, 0.25) is 0 Å². The molecule has 1 aromatic heterocycles. The van der Waals surface area contributed by atoms with Crippen molar-refractivity contribution in [3.05, 3.63) is 22.4 Å². The highest BCUT2D eigenvalue weighted by molar-refractivity contribution is 7.09. The standard InChI is InChI=1S/C11H17ClOS/c1-10(4-6-12)5-7-13-9-11-3-2-8-14-11/h2-3,8,10H,4-7,9H2,1H3. The highest BCUT2D eigenvalue weighted by Gasteiger charge is 2.01. The summed E-state index contributed by atoms with van der Waals surface area (Å²) in [4.78, 5) is 1.30. The van der Waals surface area contributed by atoms with Gasteiger partial charge in [-0.3, -0.25) is 0 Å². The van der Waals surface area contributed by atoms with Gasteiger partial charge >= 0.3 is 0 Å². The fourth-order valence-corrected chi connectivity index (χ4v) is 2.20. The Morgan fingerprint density at radius 2 is 2.36 bits per heavy atom. The van der Waals surface area contributed by atoms with Crippen molar-refractivity contribution in [2.75, 3.05) is 12.5 Å². The third-order valence-corrected chi connectivity index (χ3v) is 3.25. The molecule has 3 heteroatoms. The molecule has 80 valence electrons. The topological polar surface area (TPSA) is 9.23 Å². The van der Waals surface area contributed by atoms with Crippen LogP contribution in [-0.2, 0) is 11.3 Å². The number of alkyl halides is 1. The van der Waals surface area contributed by atoms with Crippen LogP contribution in [0.4, 0.5) is 0 Å². The van der Waals surface area contributed by atoms with E-state index in [0.717, 1.165) is 31.9 Å². The lowest BCUT2D eigenvalue weighted by Crippen LogP contribution is -2.02. The molecule has 1 unspecified atom stereocenters. The highest BCUT2D eigenvalue weighted by atomic mass is 35.5. The predicted octanol–water partition coefficient (Wildman–Crippen LogP) is 3.92. The van der Waals surface area contributed by atoms with Crippen molar-refractivity contribution in [1.29, 1.82) is 0 Å². The maximum atomic E-state index is 5.65. The summed E-state index contributed by atoms with van der Waals surface area (Å²) in [5, 5.41) is 2.08. The number of hydrogen-bond acceptors (Lipinski definition) is 2. The average Bonchev–Trinajstić information content (AvgIpc) is 2.65. The van der Waals surface area contributed by atoms with E-state index in [4.69, 9.17) is 16.3 Å². The van der Waals surface area contributed by atoms with Crippen LogP contribution in [0.1, 0.15) is 24.6 Å². The molecule has 1 heterocycles. The Hall–Kier alpha value is -0.0500. The lowest BCUT2D eigenvalue weighted by Gasteiger charge is -2.08. The molecular formula is C11H17ClOS. The maximum absolute atomic E-state index is 5.65. The van der Waals surface area contributed by atoms with Gasteiger partial charge in [-0.1, -0.05) is 13.0 Å². The molecular weight excluding hydrogens is 216 g/mol. The minimum atomic E-state index is 0.677. The first-order valence-electron chi connectivity index (χ1n) is 4.99. The molecule has 0 amide bonds. The Bertz CT molecular complexity index is 223. The number of thiophene rings is 1. The van der Waals surface area contributed by atoms with Gasteiger partial charge in [0, 0.05) is 17.4 Å². The van der Waals surface area contributed by atoms with Gasteiger partial charge in [0.1, 0.15) is 0 Å². The van der Waals surface area contributed by atoms with E-state index < -0.39 is 0 Å². The first-order valence-corrected chi connectivity index (χ1v) is 6.40. The lowest BCUT2D eigenvalue weighted by molar-refractivity contribution is 0.110. The van der Waals surface area contributed by atoms with E-state index in [1.54, 1.807) is 11.3 Å². The van der Waals surface area contributed by atoms with Crippen molar-refractivity contribution in [3.8, 4) is 0 Å². The van der Waals surface area contributed by atoms with Crippen LogP contribution in [0.5, 0.6) is 0 Å². The number of halogens is 1. The summed E-state index contributed by atoms with van der Waals surface area (Å²) in [6.45, 7) is 3.82. The summed E-state index contributed by atoms with van der Waals surface area (Å²) < 4.78 is 5.56. The quantitative estimate of drug-likeness (QED) is 0.512. The van der Waals surface area contributed by atoms with Crippen LogP contribution in [0.2, 0.25) is 0 Å². The zero-order valence-corrected chi connectivity index (χ0v) is 10.1. The Morgan fingerprint density at radius 3 is 3.00 bits per heavy atom. The van der Waals surface area contributed by atoms with Gasteiger partial charge in [0.25, 0.3) is 0 Å². The fourth-order valence-electron chi connectivity index (χ4n) is 1.18. The Balaban J connectivity index is 1.99. The summed E-state index contributed by atoms with van der Waals surface area (Å²) in [6, 6.07) is 4.16. The predicted molar refractivity (Wildman–Crippen MR) is 63.1 cm³/mol.